The first-order valence-electron chi connectivity index (χ1n) is 6.59. The number of nitrogens with two attached hydrogens (primary N) is 1. The molecule has 21 heavy (non-hydrogen) atoms. The summed E-state index contributed by atoms with van der Waals surface area (Å²) in [5.74, 6) is 0. The van der Waals surface area contributed by atoms with Gasteiger partial charge in [0, 0.05) is 17.4 Å². The molecule has 4 nitrogen and oxygen atoms in total. The van der Waals surface area contributed by atoms with Crippen molar-refractivity contribution in [3.05, 3.63) is 66.0 Å². The molecular formula is C17H14N4. The zero-order valence-corrected chi connectivity index (χ0v) is 11.6. The predicted octanol–water partition coefficient (Wildman–Crippen LogP) is 3.30. The molecule has 0 aliphatic carbocycles. The Morgan fingerprint density at radius 2 is 1.86 bits per heavy atom. The fraction of sp³-hybridized carbons (Fsp3) is 0.0588. The maximum Gasteiger partial charge on any atom is 0.0994 e. The fourth-order valence-corrected chi connectivity index (χ4v) is 2.20. The van der Waals surface area contributed by atoms with Crippen molar-refractivity contribution in [2.24, 2.45) is 0 Å². The minimum absolute atomic E-state index is 0.685. The van der Waals surface area contributed by atoms with Crippen LogP contribution in [0.2, 0.25) is 0 Å². The minimum Gasteiger partial charge on any atom is -0.399 e. The Bertz CT molecular complexity index is 823. The van der Waals surface area contributed by atoms with Crippen LogP contribution in [0.5, 0.6) is 0 Å². The zero-order chi connectivity index (χ0) is 14.8. The van der Waals surface area contributed by atoms with Crippen LogP contribution in [-0.4, -0.2) is 9.78 Å². The molecule has 0 amide bonds. The maximum absolute atomic E-state index is 8.97. The molecule has 0 aliphatic heterocycles. The Morgan fingerprint density at radius 3 is 2.52 bits per heavy atom. The number of nitriles is 1. The quantitative estimate of drug-likeness (QED) is 0.729. The van der Waals surface area contributed by atoms with E-state index in [1.54, 1.807) is 4.68 Å². The Morgan fingerprint density at radius 1 is 1.10 bits per heavy atom. The lowest BCUT2D eigenvalue weighted by atomic mass is 10.1. The molecule has 0 aliphatic rings. The molecule has 3 rings (SSSR count). The molecule has 0 fully saturated rings. The van der Waals surface area contributed by atoms with Crippen LogP contribution in [0, 0.1) is 18.3 Å². The van der Waals surface area contributed by atoms with E-state index in [2.05, 4.69) is 11.2 Å². The summed E-state index contributed by atoms with van der Waals surface area (Å²) >= 11 is 0. The van der Waals surface area contributed by atoms with Crippen molar-refractivity contribution in [3.8, 4) is 22.9 Å². The van der Waals surface area contributed by atoms with Crippen LogP contribution in [0.3, 0.4) is 0 Å². The standard InChI is InChI=1S/C17H14N4/c1-12-8-17(7-4-14(12)9-18)21-11-15(10-20-21)13-2-5-16(19)6-3-13/h2-8,10-11H,19H2,1H3. The van der Waals surface area contributed by atoms with Crippen LogP contribution >= 0.6 is 0 Å². The number of rotatable bonds is 2. The van der Waals surface area contributed by atoms with E-state index in [9.17, 15) is 0 Å². The van der Waals surface area contributed by atoms with Gasteiger partial charge in [0.15, 0.2) is 0 Å². The van der Waals surface area contributed by atoms with Gasteiger partial charge < -0.3 is 5.73 Å². The first-order chi connectivity index (χ1) is 10.2. The molecule has 0 radical (unpaired) electrons. The highest BCUT2D eigenvalue weighted by Crippen LogP contribution is 2.22. The van der Waals surface area contributed by atoms with E-state index in [0.717, 1.165) is 28.1 Å². The van der Waals surface area contributed by atoms with Crippen LogP contribution in [0.1, 0.15) is 11.1 Å². The summed E-state index contributed by atoms with van der Waals surface area (Å²) in [6, 6.07) is 15.5. The average molecular weight is 274 g/mol. The molecule has 0 atom stereocenters. The summed E-state index contributed by atoms with van der Waals surface area (Å²) in [5.41, 5.74) is 11.1. The Kier molecular flexibility index (Phi) is 3.17. The van der Waals surface area contributed by atoms with Crippen molar-refractivity contribution >= 4 is 5.69 Å². The second-order valence-electron chi connectivity index (χ2n) is 4.91. The van der Waals surface area contributed by atoms with Crippen molar-refractivity contribution in [2.45, 2.75) is 6.92 Å². The van der Waals surface area contributed by atoms with Gasteiger partial charge in [-0.15, -0.1) is 0 Å². The van der Waals surface area contributed by atoms with Crippen LogP contribution in [0.4, 0.5) is 5.69 Å². The fourth-order valence-electron chi connectivity index (χ4n) is 2.20. The summed E-state index contributed by atoms with van der Waals surface area (Å²) in [7, 11) is 0. The highest BCUT2D eigenvalue weighted by Gasteiger charge is 2.05. The highest BCUT2D eigenvalue weighted by atomic mass is 15.3. The number of hydrogen-bond donors (Lipinski definition) is 1. The van der Waals surface area contributed by atoms with Crippen LogP contribution in [0.15, 0.2) is 54.9 Å². The lowest BCUT2D eigenvalue weighted by Crippen LogP contribution is -1.95. The number of hydrogen-bond acceptors (Lipinski definition) is 3. The van der Waals surface area contributed by atoms with Gasteiger partial charge in [0.1, 0.15) is 0 Å². The van der Waals surface area contributed by atoms with Gasteiger partial charge in [-0.3, -0.25) is 0 Å². The van der Waals surface area contributed by atoms with E-state index in [1.807, 2.05) is 61.8 Å². The summed E-state index contributed by atoms with van der Waals surface area (Å²) < 4.78 is 1.81. The van der Waals surface area contributed by atoms with Gasteiger partial charge in [-0.05, 0) is 48.4 Å². The second kappa shape index (κ2) is 5.14. The van der Waals surface area contributed by atoms with Gasteiger partial charge in [0.25, 0.3) is 0 Å². The van der Waals surface area contributed by atoms with E-state index in [-0.39, 0.29) is 0 Å². The van der Waals surface area contributed by atoms with Gasteiger partial charge >= 0.3 is 0 Å². The normalized spacial score (nSPS) is 10.3. The molecule has 0 saturated carbocycles. The molecule has 2 aromatic carbocycles. The van der Waals surface area contributed by atoms with Crippen LogP contribution in [-0.2, 0) is 0 Å². The first-order valence-corrected chi connectivity index (χ1v) is 6.59. The third kappa shape index (κ3) is 2.49. The third-order valence-corrected chi connectivity index (χ3v) is 3.42. The molecule has 0 unspecified atom stereocenters. The lowest BCUT2D eigenvalue weighted by Gasteiger charge is -2.03. The van der Waals surface area contributed by atoms with E-state index in [0.29, 0.717) is 5.56 Å². The van der Waals surface area contributed by atoms with Crippen molar-refractivity contribution in [1.82, 2.24) is 9.78 Å². The molecule has 4 heteroatoms. The summed E-state index contributed by atoms with van der Waals surface area (Å²) in [5, 5.41) is 13.4. The average Bonchev–Trinajstić information content (AvgIpc) is 2.98. The summed E-state index contributed by atoms with van der Waals surface area (Å²) in [4.78, 5) is 0. The van der Waals surface area contributed by atoms with Crippen molar-refractivity contribution in [3.63, 3.8) is 0 Å². The van der Waals surface area contributed by atoms with Gasteiger partial charge in [0.05, 0.1) is 23.5 Å². The third-order valence-electron chi connectivity index (χ3n) is 3.42. The number of aryl methyl sites for hydroxylation is 1. The van der Waals surface area contributed by atoms with E-state index < -0.39 is 0 Å². The van der Waals surface area contributed by atoms with Gasteiger partial charge in [-0.25, -0.2) is 4.68 Å². The van der Waals surface area contributed by atoms with Crippen LogP contribution < -0.4 is 5.73 Å². The summed E-state index contributed by atoms with van der Waals surface area (Å²) in [6.07, 6.45) is 3.78. The Hall–Kier alpha value is -3.06. The van der Waals surface area contributed by atoms with Crippen molar-refractivity contribution in [2.75, 3.05) is 5.73 Å². The SMILES string of the molecule is Cc1cc(-n2cc(-c3ccc(N)cc3)cn2)ccc1C#N. The molecule has 2 N–H and O–H groups in total. The smallest absolute Gasteiger partial charge is 0.0994 e. The molecular weight excluding hydrogens is 260 g/mol. The van der Waals surface area contributed by atoms with E-state index in [1.165, 1.54) is 0 Å². The molecule has 0 spiro atoms. The topological polar surface area (TPSA) is 67.6 Å². The number of nitrogen functional groups attached to an aromatic ring is 1. The Balaban J connectivity index is 1.97. The highest BCUT2D eigenvalue weighted by molar-refractivity contribution is 5.64. The van der Waals surface area contributed by atoms with E-state index in [4.69, 9.17) is 11.0 Å². The second-order valence-corrected chi connectivity index (χ2v) is 4.91. The van der Waals surface area contributed by atoms with Crippen LogP contribution in [0.25, 0.3) is 16.8 Å². The number of benzene rings is 2. The lowest BCUT2D eigenvalue weighted by molar-refractivity contribution is 0.879. The molecule has 1 heterocycles. The number of anilines is 1. The van der Waals surface area contributed by atoms with Crippen molar-refractivity contribution in [1.29, 1.82) is 5.26 Å². The molecule has 0 bridgehead atoms. The molecule has 102 valence electrons. The maximum atomic E-state index is 8.97. The first kappa shape index (κ1) is 12.9. The molecule has 0 saturated heterocycles. The number of aromatic nitrogens is 2. The van der Waals surface area contributed by atoms with Gasteiger partial charge in [0.2, 0.25) is 0 Å². The van der Waals surface area contributed by atoms with Crippen molar-refractivity contribution < 1.29 is 0 Å². The molecule has 1 aromatic heterocycles. The minimum atomic E-state index is 0.685. The van der Waals surface area contributed by atoms with E-state index >= 15 is 0 Å². The van der Waals surface area contributed by atoms with Gasteiger partial charge in [-0.2, -0.15) is 10.4 Å². The predicted molar refractivity (Wildman–Crippen MR) is 82.9 cm³/mol. The number of nitrogens with zero attached hydrogens (tertiary/aromatic N) is 3. The zero-order valence-electron chi connectivity index (χ0n) is 11.6. The monoisotopic (exact) mass is 274 g/mol. The summed E-state index contributed by atoms with van der Waals surface area (Å²) in [6.45, 7) is 1.92. The Labute approximate surface area is 123 Å². The van der Waals surface area contributed by atoms with Gasteiger partial charge in [-0.1, -0.05) is 12.1 Å². The molecule has 3 aromatic rings. The largest absolute Gasteiger partial charge is 0.399 e.